The van der Waals surface area contributed by atoms with Crippen LogP contribution in [0.15, 0.2) is 24.3 Å². The third kappa shape index (κ3) is 1.25. The van der Waals surface area contributed by atoms with E-state index in [1.54, 1.807) is 24.3 Å². The van der Waals surface area contributed by atoms with Crippen LogP contribution in [-0.2, 0) is 4.79 Å². The van der Waals surface area contributed by atoms with Crippen LogP contribution in [0.5, 0.6) is 5.75 Å². The zero-order valence-electron chi connectivity index (χ0n) is 7.23. The molecule has 1 aliphatic heterocycles. The van der Waals surface area contributed by atoms with Gasteiger partial charge in [0.2, 0.25) is 0 Å². The maximum Gasteiger partial charge on any atom is 0.178 e. The van der Waals surface area contributed by atoms with E-state index in [1.807, 2.05) is 0 Å². The van der Waals surface area contributed by atoms with Crippen molar-refractivity contribution in [1.29, 1.82) is 0 Å². The summed E-state index contributed by atoms with van der Waals surface area (Å²) < 4.78 is 5.13. The van der Waals surface area contributed by atoms with E-state index >= 15 is 0 Å². The third-order valence-electron chi connectivity index (χ3n) is 2.16. The number of carboxylic acid groups (broad SMARTS) is 1. The van der Waals surface area contributed by atoms with Crippen LogP contribution in [0.25, 0.3) is 0 Å². The van der Waals surface area contributed by atoms with Gasteiger partial charge in [-0.3, -0.25) is 4.79 Å². The van der Waals surface area contributed by atoms with Crippen LogP contribution >= 0.6 is 0 Å². The monoisotopic (exact) mass is 191 g/mol. The SMILES string of the molecule is O=C([O-])C1COc2ccccc2C1=O. The Morgan fingerprint density at radius 1 is 1.43 bits per heavy atom. The highest BCUT2D eigenvalue weighted by atomic mass is 16.5. The van der Waals surface area contributed by atoms with Crippen molar-refractivity contribution in [2.75, 3.05) is 6.61 Å². The van der Waals surface area contributed by atoms with Crippen molar-refractivity contribution in [2.45, 2.75) is 0 Å². The van der Waals surface area contributed by atoms with Crippen LogP contribution in [-0.4, -0.2) is 18.4 Å². The number of benzene rings is 1. The molecule has 0 bridgehead atoms. The van der Waals surface area contributed by atoms with Crippen LogP contribution in [0.2, 0.25) is 0 Å². The maximum atomic E-state index is 11.6. The number of carbonyl (C=O) groups is 2. The lowest BCUT2D eigenvalue weighted by Gasteiger charge is -2.24. The standard InChI is InChI=1S/C10H8O4/c11-9-6-3-1-2-4-8(6)14-5-7(9)10(12)13/h1-4,7H,5H2,(H,12,13)/p-1. The van der Waals surface area contributed by atoms with Gasteiger partial charge in [0.05, 0.1) is 17.5 Å². The lowest BCUT2D eigenvalue weighted by atomic mass is 9.95. The van der Waals surface area contributed by atoms with Gasteiger partial charge >= 0.3 is 0 Å². The molecule has 0 fully saturated rings. The van der Waals surface area contributed by atoms with Gasteiger partial charge in [-0.1, -0.05) is 12.1 Å². The molecular formula is C10H7O4-. The van der Waals surface area contributed by atoms with Crippen LogP contribution in [0.4, 0.5) is 0 Å². The molecule has 1 aromatic rings. The molecule has 0 radical (unpaired) electrons. The highest BCUT2D eigenvalue weighted by molar-refractivity contribution is 6.10. The number of fused-ring (bicyclic) bond motifs is 1. The van der Waals surface area contributed by atoms with Gasteiger partial charge in [-0.2, -0.15) is 0 Å². The molecule has 1 heterocycles. The summed E-state index contributed by atoms with van der Waals surface area (Å²) in [5.74, 6) is -2.56. The van der Waals surface area contributed by atoms with E-state index in [4.69, 9.17) is 4.74 Å². The molecule has 1 aromatic carbocycles. The summed E-state index contributed by atoms with van der Waals surface area (Å²) in [6.45, 7) is -0.141. The average molecular weight is 191 g/mol. The molecule has 0 saturated carbocycles. The van der Waals surface area contributed by atoms with Crippen LogP contribution < -0.4 is 9.84 Å². The summed E-state index contributed by atoms with van der Waals surface area (Å²) in [7, 11) is 0. The van der Waals surface area contributed by atoms with Crippen molar-refractivity contribution in [3.05, 3.63) is 29.8 Å². The van der Waals surface area contributed by atoms with E-state index in [0.717, 1.165) is 0 Å². The summed E-state index contributed by atoms with van der Waals surface area (Å²) >= 11 is 0. The number of ketones is 1. The molecule has 0 saturated heterocycles. The van der Waals surface area contributed by atoms with Gasteiger partial charge in [-0.15, -0.1) is 0 Å². The Balaban J connectivity index is 2.41. The molecule has 0 amide bonds. The fourth-order valence-corrected chi connectivity index (χ4v) is 1.41. The number of ether oxygens (including phenoxy) is 1. The molecule has 0 N–H and O–H groups in total. The zero-order valence-corrected chi connectivity index (χ0v) is 7.23. The van der Waals surface area contributed by atoms with E-state index in [-0.39, 0.29) is 6.61 Å². The van der Waals surface area contributed by atoms with Gasteiger partial charge in [0.15, 0.2) is 5.78 Å². The first kappa shape index (κ1) is 8.74. The lowest BCUT2D eigenvalue weighted by Crippen LogP contribution is -2.42. The molecule has 0 aliphatic carbocycles. The molecule has 1 aliphatic rings. The number of para-hydroxylation sites is 1. The van der Waals surface area contributed by atoms with Gasteiger partial charge in [-0.25, -0.2) is 0 Å². The summed E-state index contributed by atoms with van der Waals surface area (Å²) in [5, 5.41) is 10.6. The molecule has 1 atom stereocenters. The number of carbonyl (C=O) groups excluding carboxylic acids is 2. The van der Waals surface area contributed by atoms with Crippen LogP contribution in [0, 0.1) is 5.92 Å². The van der Waals surface area contributed by atoms with Gasteiger partial charge in [0.25, 0.3) is 0 Å². The number of Topliss-reactive ketones (excluding diaryl/α,β-unsaturated/α-hetero) is 1. The van der Waals surface area contributed by atoms with Crippen molar-refractivity contribution in [3.63, 3.8) is 0 Å². The second-order valence-corrected chi connectivity index (χ2v) is 3.04. The zero-order chi connectivity index (χ0) is 10.1. The third-order valence-corrected chi connectivity index (χ3v) is 2.16. The number of carboxylic acids is 1. The number of rotatable bonds is 1. The summed E-state index contributed by atoms with van der Waals surface area (Å²) in [5.41, 5.74) is 0.313. The van der Waals surface area contributed by atoms with Crippen molar-refractivity contribution >= 4 is 11.8 Å². The van der Waals surface area contributed by atoms with Crippen LogP contribution in [0.3, 0.4) is 0 Å². The number of hydrogen-bond acceptors (Lipinski definition) is 4. The maximum absolute atomic E-state index is 11.6. The molecule has 1 unspecified atom stereocenters. The first-order valence-electron chi connectivity index (χ1n) is 4.17. The molecule has 14 heavy (non-hydrogen) atoms. The molecule has 4 nitrogen and oxygen atoms in total. The van der Waals surface area contributed by atoms with Crippen molar-refractivity contribution < 1.29 is 19.4 Å². The van der Waals surface area contributed by atoms with Crippen molar-refractivity contribution in [3.8, 4) is 5.75 Å². The Kier molecular flexibility index (Phi) is 1.96. The highest BCUT2D eigenvalue weighted by Gasteiger charge is 2.29. The minimum absolute atomic E-state index is 0.141. The minimum atomic E-state index is -1.38. The lowest BCUT2D eigenvalue weighted by molar-refractivity contribution is -0.309. The minimum Gasteiger partial charge on any atom is -0.549 e. The van der Waals surface area contributed by atoms with E-state index in [2.05, 4.69) is 0 Å². The van der Waals surface area contributed by atoms with E-state index < -0.39 is 17.7 Å². The molecule has 0 aromatic heterocycles. The van der Waals surface area contributed by atoms with Crippen LogP contribution in [0.1, 0.15) is 10.4 Å². The largest absolute Gasteiger partial charge is 0.549 e. The molecule has 72 valence electrons. The van der Waals surface area contributed by atoms with E-state index in [1.165, 1.54) is 0 Å². The van der Waals surface area contributed by atoms with Crippen molar-refractivity contribution in [1.82, 2.24) is 0 Å². The van der Waals surface area contributed by atoms with Crippen molar-refractivity contribution in [2.24, 2.45) is 5.92 Å². The predicted molar refractivity (Wildman–Crippen MR) is 44.8 cm³/mol. The molecule has 2 rings (SSSR count). The second-order valence-electron chi connectivity index (χ2n) is 3.04. The van der Waals surface area contributed by atoms with E-state index in [9.17, 15) is 14.7 Å². The van der Waals surface area contributed by atoms with Gasteiger partial charge in [0.1, 0.15) is 12.4 Å². The molecule has 0 spiro atoms. The fraction of sp³-hybridized carbons (Fsp3) is 0.200. The first-order chi connectivity index (χ1) is 6.70. The van der Waals surface area contributed by atoms with E-state index in [0.29, 0.717) is 11.3 Å². The Labute approximate surface area is 80.1 Å². The Morgan fingerprint density at radius 3 is 2.86 bits per heavy atom. The second kappa shape index (κ2) is 3.14. The number of aliphatic carboxylic acids is 1. The topological polar surface area (TPSA) is 66.4 Å². The van der Waals surface area contributed by atoms with Gasteiger partial charge < -0.3 is 14.6 Å². The Hall–Kier alpha value is -1.84. The smallest absolute Gasteiger partial charge is 0.178 e. The fourth-order valence-electron chi connectivity index (χ4n) is 1.41. The Bertz CT molecular complexity index is 397. The molecular weight excluding hydrogens is 184 g/mol. The first-order valence-corrected chi connectivity index (χ1v) is 4.17. The predicted octanol–water partition coefficient (Wildman–Crippen LogP) is -0.372. The van der Waals surface area contributed by atoms with Gasteiger partial charge in [0, 0.05) is 0 Å². The highest BCUT2D eigenvalue weighted by Crippen LogP contribution is 2.26. The summed E-state index contributed by atoms with van der Waals surface area (Å²) in [6, 6.07) is 6.58. The van der Waals surface area contributed by atoms with Gasteiger partial charge in [-0.05, 0) is 12.1 Å². The summed E-state index contributed by atoms with van der Waals surface area (Å²) in [6.07, 6.45) is 0. The normalized spacial score (nSPS) is 19.7. The summed E-state index contributed by atoms with van der Waals surface area (Å²) in [4.78, 5) is 22.1. The Morgan fingerprint density at radius 2 is 2.14 bits per heavy atom. The quantitative estimate of drug-likeness (QED) is 0.568. The number of hydrogen-bond donors (Lipinski definition) is 0. The molecule has 4 heteroatoms. The average Bonchev–Trinajstić information content (AvgIpc) is 2.18.